The number of carbonyl (C=O) groups is 3. The topological polar surface area (TPSA) is 92.7 Å². The van der Waals surface area contributed by atoms with Crippen LogP contribution >= 0.6 is 0 Å². The molecule has 0 atom stereocenters. The van der Waals surface area contributed by atoms with Gasteiger partial charge in [-0.3, -0.25) is 9.59 Å². The second-order valence-electron chi connectivity index (χ2n) is 3.56. The summed E-state index contributed by atoms with van der Waals surface area (Å²) in [6.45, 7) is 0. The van der Waals surface area contributed by atoms with E-state index >= 15 is 0 Å². The van der Waals surface area contributed by atoms with Crippen molar-refractivity contribution in [2.75, 3.05) is 5.32 Å². The van der Waals surface area contributed by atoms with Crippen molar-refractivity contribution in [2.24, 2.45) is 0 Å². The Balaban J connectivity index is 2.19. The van der Waals surface area contributed by atoms with E-state index in [0.29, 0.717) is 17.9 Å². The van der Waals surface area contributed by atoms with Crippen LogP contribution in [0.4, 0.5) is 5.69 Å². The molecule has 0 aliphatic carbocycles. The largest absolute Gasteiger partial charge is 0.474 e. The molecule has 2 rings (SSSR count). The van der Waals surface area contributed by atoms with Crippen molar-refractivity contribution in [3.63, 3.8) is 0 Å². The van der Waals surface area contributed by atoms with Gasteiger partial charge in [0.1, 0.15) is 5.75 Å². The maximum atomic E-state index is 11.0. The van der Waals surface area contributed by atoms with E-state index in [2.05, 4.69) is 5.32 Å². The van der Waals surface area contributed by atoms with Gasteiger partial charge in [-0.05, 0) is 30.2 Å². The number of amides is 1. The first-order chi connectivity index (χ1) is 8.06. The molecule has 88 valence electrons. The minimum atomic E-state index is -1.55. The fraction of sp³-hybridized carbons (Fsp3) is 0.182. The first-order valence-corrected chi connectivity index (χ1v) is 4.94. The number of aryl methyl sites for hydroxylation is 1. The zero-order chi connectivity index (χ0) is 12.4. The van der Waals surface area contributed by atoms with Gasteiger partial charge in [0.25, 0.3) is 0 Å². The van der Waals surface area contributed by atoms with Crippen molar-refractivity contribution in [2.45, 2.75) is 12.8 Å². The van der Waals surface area contributed by atoms with Crippen molar-refractivity contribution in [3.8, 4) is 5.75 Å². The molecule has 1 amide bonds. The molecule has 1 heterocycles. The molecule has 1 aliphatic heterocycles. The lowest BCUT2D eigenvalue weighted by Crippen LogP contribution is -2.22. The van der Waals surface area contributed by atoms with Gasteiger partial charge in [0.2, 0.25) is 0 Å². The van der Waals surface area contributed by atoms with Crippen LogP contribution in [-0.2, 0) is 20.8 Å². The summed E-state index contributed by atoms with van der Waals surface area (Å²) in [5.74, 6) is -2.48. The highest BCUT2D eigenvalue weighted by Gasteiger charge is 2.18. The van der Waals surface area contributed by atoms with E-state index in [1.807, 2.05) is 0 Å². The van der Waals surface area contributed by atoms with Gasteiger partial charge in [0.05, 0.1) is 6.42 Å². The van der Waals surface area contributed by atoms with Crippen LogP contribution in [0.2, 0.25) is 0 Å². The van der Waals surface area contributed by atoms with E-state index in [0.717, 1.165) is 5.56 Å². The Kier molecular flexibility index (Phi) is 2.78. The third kappa shape index (κ3) is 2.41. The molecule has 0 radical (unpaired) electrons. The van der Waals surface area contributed by atoms with Crippen LogP contribution in [0.5, 0.6) is 5.75 Å². The molecule has 6 nitrogen and oxygen atoms in total. The normalized spacial score (nSPS) is 13.5. The standard InChI is InChI=1S/C11H9NO5/c13-9-4-1-6-5-7(2-3-8(6)17-9)12-10(14)11(15)16/h2-3,5H,1,4H2,(H,12,14)(H,15,16). The number of anilines is 1. The fourth-order valence-corrected chi connectivity index (χ4v) is 1.55. The Labute approximate surface area is 96.2 Å². The molecule has 0 fully saturated rings. The highest BCUT2D eigenvalue weighted by Crippen LogP contribution is 2.27. The predicted octanol–water partition coefficient (Wildman–Crippen LogP) is 0.561. The Morgan fingerprint density at radius 3 is 2.76 bits per heavy atom. The predicted molar refractivity (Wildman–Crippen MR) is 56.7 cm³/mol. The second kappa shape index (κ2) is 4.25. The smallest absolute Gasteiger partial charge is 0.394 e. The SMILES string of the molecule is O=C1CCc2cc(NC(=O)C(=O)O)ccc2O1. The monoisotopic (exact) mass is 235 g/mol. The molecule has 0 aromatic heterocycles. The van der Waals surface area contributed by atoms with Gasteiger partial charge in [-0.25, -0.2) is 4.79 Å². The minimum absolute atomic E-state index is 0.281. The van der Waals surface area contributed by atoms with Gasteiger partial charge in [-0.15, -0.1) is 0 Å². The van der Waals surface area contributed by atoms with Gasteiger partial charge in [-0.2, -0.15) is 0 Å². The molecule has 2 N–H and O–H groups in total. The Morgan fingerprint density at radius 2 is 2.06 bits per heavy atom. The summed E-state index contributed by atoms with van der Waals surface area (Å²) >= 11 is 0. The minimum Gasteiger partial charge on any atom is -0.474 e. The quantitative estimate of drug-likeness (QED) is 0.421. The number of aliphatic carboxylic acids is 1. The number of carbonyl (C=O) groups excluding carboxylic acids is 2. The van der Waals surface area contributed by atoms with E-state index in [9.17, 15) is 14.4 Å². The van der Waals surface area contributed by atoms with Crippen molar-refractivity contribution >= 4 is 23.5 Å². The third-order valence-corrected chi connectivity index (χ3v) is 2.33. The van der Waals surface area contributed by atoms with Crippen molar-refractivity contribution in [1.82, 2.24) is 0 Å². The van der Waals surface area contributed by atoms with Crippen LogP contribution in [0.1, 0.15) is 12.0 Å². The zero-order valence-electron chi connectivity index (χ0n) is 8.73. The van der Waals surface area contributed by atoms with Crippen molar-refractivity contribution < 1.29 is 24.2 Å². The molecule has 1 aliphatic rings. The summed E-state index contributed by atoms with van der Waals surface area (Å²) in [6, 6.07) is 4.62. The number of nitrogens with one attached hydrogen (secondary N) is 1. The number of carboxylic acids is 1. The number of esters is 1. The van der Waals surface area contributed by atoms with Gasteiger partial charge in [-0.1, -0.05) is 0 Å². The number of hydrogen-bond acceptors (Lipinski definition) is 4. The summed E-state index contributed by atoms with van der Waals surface area (Å²) in [6.07, 6.45) is 0.800. The van der Waals surface area contributed by atoms with Crippen molar-refractivity contribution in [3.05, 3.63) is 23.8 Å². The van der Waals surface area contributed by atoms with Gasteiger partial charge >= 0.3 is 17.8 Å². The third-order valence-electron chi connectivity index (χ3n) is 2.33. The Morgan fingerprint density at radius 1 is 1.29 bits per heavy atom. The summed E-state index contributed by atoms with van der Waals surface area (Å²) in [5, 5.41) is 10.7. The van der Waals surface area contributed by atoms with E-state index < -0.39 is 11.9 Å². The summed E-state index contributed by atoms with van der Waals surface area (Å²) in [5.41, 5.74) is 1.14. The van der Waals surface area contributed by atoms with Crippen LogP contribution in [0.15, 0.2) is 18.2 Å². The first-order valence-electron chi connectivity index (χ1n) is 4.94. The number of hydrogen-bond donors (Lipinski definition) is 2. The summed E-state index contributed by atoms with van der Waals surface area (Å²) < 4.78 is 4.97. The average molecular weight is 235 g/mol. The molecule has 1 aromatic carbocycles. The molecule has 17 heavy (non-hydrogen) atoms. The lowest BCUT2D eigenvalue weighted by molar-refractivity contribution is -0.147. The molecule has 0 spiro atoms. The molecule has 0 bridgehead atoms. The van der Waals surface area contributed by atoms with Crippen LogP contribution in [-0.4, -0.2) is 23.0 Å². The highest BCUT2D eigenvalue weighted by atomic mass is 16.5. The van der Waals surface area contributed by atoms with Gasteiger partial charge in [0.15, 0.2) is 0 Å². The van der Waals surface area contributed by atoms with Crippen molar-refractivity contribution in [1.29, 1.82) is 0 Å². The van der Waals surface area contributed by atoms with Crippen LogP contribution < -0.4 is 10.1 Å². The fourth-order valence-electron chi connectivity index (χ4n) is 1.55. The van der Waals surface area contributed by atoms with Crippen LogP contribution in [0.3, 0.4) is 0 Å². The Bertz CT molecular complexity index is 509. The van der Waals surface area contributed by atoms with Crippen LogP contribution in [0.25, 0.3) is 0 Å². The summed E-state index contributed by atoms with van der Waals surface area (Å²) in [4.78, 5) is 32.3. The molecule has 0 unspecified atom stereocenters. The molecule has 1 aromatic rings. The lowest BCUT2D eigenvalue weighted by Gasteiger charge is -2.16. The maximum Gasteiger partial charge on any atom is 0.394 e. The molecule has 0 saturated heterocycles. The number of benzene rings is 1. The molecular weight excluding hydrogens is 226 g/mol. The molecule has 6 heteroatoms. The number of carboxylic acid groups (broad SMARTS) is 1. The highest BCUT2D eigenvalue weighted by molar-refractivity contribution is 6.36. The van der Waals surface area contributed by atoms with E-state index in [1.165, 1.54) is 12.1 Å². The average Bonchev–Trinajstić information content (AvgIpc) is 2.29. The lowest BCUT2D eigenvalue weighted by atomic mass is 10.1. The number of ether oxygens (including phenoxy) is 1. The zero-order valence-corrected chi connectivity index (χ0v) is 8.73. The Hall–Kier alpha value is -2.37. The van der Waals surface area contributed by atoms with E-state index in [4.69, 9.17) is 9.84 Å². The molecular formula is C11H9NO5. The van der Waals surface area contributed by atoms with Gasteiger partial charge < -0.3 is 15.2 Å². The second-order valence-corrected chi connectivity index (χ2v) is 3.56. The maximum absolute atomic E-state index is 11.0. The number of rotatable bonds is 1. The van der Waals surface area contributed by atoms with Gasteiger partial charge in [0, 0.05) is 5.69 Å². The molecule has 0 saturated carbocycles. The van der Waals surface area contributed by atoms with E-state index in [-0.39, 0.29) is 12.4 Å². The van der Waals surface area contributed by atoms with Crippen LogP contribution in [0, 0.1) is 0 Å². The summed E-state index contributed by atoms with van der Waals surface area (Å²) in [7, 11) is 0. The number of fused-ring (bicyclic) bond motifs is 1. The van der Waals surface area contributed by atoms with E-state index in [1.54, 1.807) is 6.07 Å². The first kappa shape index (κ1) is 11.1.